The molecule has 0 saturated carbocycles. The average molecular weight is 1050 g/mol. The Balaban J connectivity index is 1.09. The summed E-state index contributed by atoms with van der Waals surface area (Å²) in [5.74, 6) is -1.11. The first kappa shape index (κ1) is 51.5. The molecule has 0 heterocycles. The molecule has 8 N–H and O–H groups in total. The van der Waals surface area contributed by atoms with Crippen LogP contribution in [0.25, 0.3) is 21.5 Å². The van der Waals surface area contributed by atoms with Gasteiger partial charge in [0.05, 0.1) is 51.4 Å². The molecular weight excluding hydrogens is 1000 g/mol. The monoisotopic (exact) mass is 1050 g/mol. The van der Waals surface area contributed by atoms with Crippen LogP contribution in [0.3, 0.4) is 0 Å². The molecule has 26 heteroatoms. The SMILES string of the molecule is Cc1cc(N=Nc2cc(C)c(N=Nc3c(S(=O)(=O)O)cc4cc(Nc5ccc(N)c(S(=O)(=O)O)c5)ccc4c3O)cc2C)c(C)cc1N=Nc1ccc2c(OCCCS(=O)(=O)O)cc(S(=O)(=O)O)cc2c1. The van der Waals surface area contributed by atoms with Gasteiger partial charge < -0.3 is 20.9 Å². The van der Waals surface area contributed by atoms with Crippen LogP contribution in [-0.2, 0) is 40.5 Å². The minimum Gasteiger partial charge on any atom is -0.505 e. The van der Waals surface area contributed by atoms with Crippen molar-refractivity contribution >= 4 is 113 Å². The van der Waals surface area contributed by atoms with E-state index in [4.69, 9.17) is 15.0 Å². The third kappa shape index (κ3) is 12.4. The van der Waals surface area contributed by atoms with Crippen LogP contribution in [0.1, 0.15) is 28.7 Å². The number of aromatic hydroxyl groups is 1. The Morgan fingerprint density at radius 1 is 0.535 bits per heavy atom. The van der Waals surface area contributed by atoms with Crippen LogP contribution in [0.4, 0.5) is 51.2 Å². The Bertz CT molecular complexity index is 3890. The van der Waals surface area contributed by atoms with Gasteiger partial charge in [0, 0.05) is 28.2 Å². The van der Waals surface area contributed by atoms with E-state index in [1.165, 1.54) is 42.5 Å². The summed E-state index contributed by atoms with van der Waals surface area (Å²) in [4.78, 5) is -1.74. The van der Waals surface area contributed by atoms with Crippen molar-refractivity contribution < 1.29 is 61.7 Å². The van der Waals surface area contributed by atoms with Gasteiger partial charge in [-0.25, -0.2) is 0 Å². The summed E-state index contributed by atoms with van der Waals surface area (Å²) in [7, 11) is -18.5. The second kappa shape index (κ2) is 19.8. The summed E-state index contributed by atoms with van der Waals surface area (Å²) in [5, 5.41) is 41.2. The molecule has 7 aromatic rings. The molecule has 0 aliphatic carbocycles. The quantitative estimate of drug-likeness (QED) is 0.0205. The number of phenolic OH excluding ortho intramolecular Hbond substituents is 1. The zero-order valence-corrected chi connectivity index (χ0v) is 40.9. The van der Waals surface area contributed by atoms with E-state index >= 15 is 0 Å². The summed E-state index contributed by atoms with van der Waals surface area (Å²) in [6.07, 6.45) is -0.0783. The number of fused-ring (bicyclic) bond motifs is 2. The fraction of sp³-hybridized carbons (Fsp3) is 0.156. The number of nitrogens with one attached hydrogen (secondary N) is 1. The minimum atomic E-state index is -4.98. The van der Waals surface area contributed by atoms with E-state index in [0.717, 1.165) is 18.2 Å². The number of phenols is 1. The van der Waals surface area contributed by atoms with Crippen molar-refractivity contribution in [3.63, 3.8) is 0 Å². The average Bonchev–Trinajstić information content (AvgIpc) is 3.27. The number of aryl methyl sites for hydroxylation is 4. The maximum absolute atomic E-state index is 12.6. The molecule has 0 amide bonds. The second-order valence-corrected chi connectivity index (χ2v) is 21.8. The maximum Gasteiger partial charge on any atom is 0.296 e. The van der Waals surface area contributed by atoms with Crippen molar-refractivity contribution in [1.82, 2.24) is 0 Å². The molecular formula is C45H42N8O14S4. The first-order chi connectivity index (χ1) is 33.1. The summed E-state index contributed by atoms with van der Waals surface area (Å²) >= 11 is 0. The van der Waals surface area contributed by atoms with Crippen LogP contribution in [0.2, 0.25) is 0 Å². The highest BCUT2D eigenvalue weighted by atomic mass is 32.2. The smallest absolute Gasteiger partial charge is 0.296 e. The number of benzene rings is 7. The van der Waals surface area contributed by atoms with Gasteiger partial charge in [0.1, 0.15) is 21.2 Å². The third-order valence-electron chi connectivity index (χ3n) is 10.7. The fourth-order valence-corrected chi connectivity index (χ4v) is 9.41. The van der Waals surface area contributed by atoms with Crippen molar-refractivity contribution in [2.75, 3.05) is 23.4 Å². The number of rotatable bonds is 16. The van der Waals surface area contributed by atoms with Crippen molar-refractivity contribution in [3.8, 4) is 11.5 Å². The van der Waals surface area contributed by atoms with Gasteiger partial charge in [-0.1, -0.05) is 0 Å². The number of ether oxygens (including phenoxy) is 1. The van der Waals surface area contributed by atoms with E-state index in [1.807, 2.05) is 0 Å². The number of nitrogens with two attached hydrogens (primary N) is 1. The molecule has 0 aliphatic heterocycles. The number of azo groups is 3. The molecule has 0 spiro atoms. The molecule has 7 rings (SSSR count). The number of nitrogens with zero attached hydrogens (tertiary/aromatic N) is 6. The summed E-state index contributed by atoms with van der Waals surface area (Å²) in [6.45, 7) is 6.86. The van der Waals surface area contributed by atoms with Gasteiger partial charge in [-0.3, -0.25) is 18.2 Å². The Kier molecular flexibility index (Phi) is 14.4. The molecule has 0 atom stereocenters. The first-order valence-electron chi connectivity index (χ1n) is 20.7. The Labute approximate surface area is 406 Å². The lowest BCUT2D eigenvalue weighted by atomic mass is 10.1. The van der Waals surface area contributed by atoms with E-state index in [0.29, 0.717) is 61.5 Å². The van der Waals surface area contributed by atoms with Gasteiger partial charge in [0.25, 0.3) is 40.5 Å². The van der Waals surface area contributed by atoms with Gasteiger partial charge >= 0.3 is 0 Å². The zero-order valence-electron chi connectivity index (χ0n) is 37.7. The molecule has 0 fully saturated rings. The molecule has 7 aromatic carbocycles. The molecule has 0 unspecified atom stereocenters. The van der Waals surface area contributed by atoms with Gasteiger partial charge in [0.2, 0.25) is 0 Å². The molecule has 71 heavy (non-hydrogen) atoms. The standard InChI is InChI=1S/C45H42N8O14S4/c1-24-15-38(25(2)14-37(24)49-48-32-7-9-34-28(19-32)20-33(69(58,59)60)23-41(34)67-12-5-13-68(55,56)57)50-51-39-16-27(4)40(17-26(39)3)52-53-44-43(71(64,65)66)21-29-18-30(6-10-35(29)45(44)54)47-31-8-11-36(46)42(22-31)70(61,62)63/h6-11,14-23,47,54H,5,12-13,46H2,1-4H3,(H,55,56,57)(H,58,59,60)(H,61,62,63)(H,64,65,66). The molecule has 22 nitrogen and oxygen atoms in total. The van der Waals surface area contributed by atoms with E-state index in [1.54, 1.807) is 64.1 Å². The van der Waals surface area contributed by atoms with E-state index in [2.05, 4.69) is 36.0 Å². The number of anilines is 3. The Morgan fingerprint density at radius 3 is 1.59 bits per heavy atom. The van der Waals surface area contributed by atoms with Crippen LogP contribution in [-0.4, -0.2) is 69.3 Å². The predicted molar refractivity (Wildman–Crippen MR) is 264 cm³/mol. The lowest BCUT2D eigenvalue weighted by Gasteiger charge is -2.12. The van der Waals surface area contributed by atoms with Crippen LogP contribution in [0, 0.1) is 27.7 Å². The van der Waals surface area contributed by atoms with Crippen LogP contribution >= 0.6 is 0 Å². The molecule has 0 saturated heterocycles. The lowest BCUT2D eigenvalue weighted by molar-refractivity contribution is 0.319. The topological polar surface area (TPSA) is 359 Å². The zero-order chi connectivity index (χ0) is 51.8. The van der Waals surface area contributed by atoms with Crippen molar-refractivity contribution in [2.45, 2.75) is 48.8 Å². The Hall–Kier alpha value is -7.30. The van der Waals surface area contributed by atoms with Crippen LogP contribution < -0.4 is 15.8 Å². The molecule has 0 aromatic heterocycles. The highest BCUT2D eigenvalue weighted by molar-refractivity contribution is 7.86. The molecule has 0 bridgehead atoms. The van der Waals surface area contributed by atoms with Crippen LogP contribution in [0.5, 0.6) is 11.5 Å². The predicted octanol–water partition coefficient (Wildman–Crippen LogP) is 10.9. The summed E-state index contributed by atoms with van der Waals surface area (Å²) < 4.78 is 139. The molecule has 0 aliphatic rings. The van der Waals surface area contributed by atoms with Gasteiger partial charge in [-0.05, 0) is 158 Å². The minimum absolute atomic E-state index is 0.0568. The second-order valence-electron chi connectivity index (χ2n) is 16.1. The van der Waals surface area contributed by atoms with Crippen LogP contribution in [0.15, 0.2) is 142 Å². The fourth-order valence-electron chi connectivity index (χ4n) is 7.10. The normalized spacial score (nSPS) is 12.8. The van der Waals surface area contributed by atoms with Crippen molar-refractivity contribution in [2.24, 2.45) is 30.7 Å². The van der Waals surface area contributed by atoms with Crippen molar-refractivity contribution in [1.29, 1.82) is 0 Å². The van der Waals surface area contributed by atoms with E-state index < -0.39 is 72.3 Å². The lowest BCUT2D eigenvalue weighted by Crippen LogP contribution is -2.09. The highest BCUT2D eigenvalue weighted by Gasteiger charge is 2.23. The third-order valence-corrected chi connectivity index (χ3v) is 14.1. The summed E-state index contributed by atoms with van der Waals surface area (Å²) in [6, 6.07) is 23.2. The molecule has 370 valence electrons. The van der Waals surface area contributed by atoms with E-state index in [9.17, 15) is 52.4 Å². The van der Waals surface area contributed by atoms with Gasteiger partial charge in [-0.15, -0.1) is 5.11 Å². The van der Waals surface area contributed by atoms with Gasteiger partial charge in [0.15, 0.2) is 5.75 Å². The van der Waals surface area contributed by atoms with Crippen molar-refractivity contribution in [3.05, 3.63) is 119 Å². The van der Waals surface area contributed by atoms with E-state index in [-0.39, 0.29) is 46.6 Å². The largest absolute Gasteiger partial charge is 0.505 e. The number of hydrogen-bond donors (Lipinski definition) is 7. The first-order valence-corrected chi connectivity index (χ1v) is 26.6. The highest BCUT2D eigenvalue weighted by Crippen LogP contribution is 2.43. The molecule has 0 radical (unpaired) electrons. The maximum atomic E-state index is 12.6. The summed E-state index contributed by atoms with van der Waals surface area (Å²) in [5.41, 5.74) is 10.1. The number of nitrogen functional groups attached to an aromatic ring is 1. The van der Waals surface area contributed by atoms with Gasteiger partial charge in [-0.2, -0.15) is 59.2 Å². The Morgan fingerprint density at radius 2 is 1.04 bits per heavy atom. The number of hydrogen-bond acceptors (Lipinski definition) is 18.